The van der Waals surface area contributed by atoms with Crippen LogP contribution in [0.4, 0.5) is 8.78 Å². The van der Waals surface area contributed by atoms with Crippen LogP contribution in [0.5, 0.6) is 0 Å². The Hall–Kier alpha value is -3.32. The van der Waals surface area contributed by atoms with Gasteiger partial charge in [-0.2, -0.15) is 5.10 Å². The van der Waals surface area contributed by atoms with Gasteiger partial charge in [-0.1, -0.05) is 18.2 Å². The quantitative estimate of drug-likeness (QED) is 0.565. The molecule has 1 aromatic heterocycles. The first kappa shape index (κ1) is 20.9. The van der Waals surface area contributed by atoms with Gasteiger partial charge in [0.15, 0.2) is 0 Å². The minimum atomic E-state index is -0.390. The second kappa shape index (κ2) is 8.81. The predicted molar refractivity (Wildman–Crippen MR) is 115 cm³/mol. The molecule has 1 amide bonds. The summed E-state index contributed by atoms with van der Waals surface area (Å²) in [6.45, 7) is 6.31. The van der Waals surface area contributed by atoms with Crippen molar-refractivity contribution >= 4 is 5.91 Å². The monoisotopic (exact) mass is 422 g/mol. The molecule has 5 nitrogen and oxygen atoms in total. The molecule has 1 aliphatic heterocycles. The first-order chi connectivity index (χ1) is 15.0. The first-order valence-corrected chi connectivity index (χ1v) is 10.2. The van der Waals surface area contributed by atoms with Gasteiger partial charge < -0.3 is 4.90 Å². The van der Waals surface area contributed by atoms with Gasteiger partial charge in [0.25, 0.3) is 5.91 Å². The van der Waals surface area contributed by atoms with Crippen LogP contribution in [0.3, 0.4) is 0 Å². The molecular formula is C24H24F2N4O. The molecule has 2 aromatic carbocycles. The minimum Gasteiger partial charge on any atom is -0.336 e. The van der Waals surface area contributed by atoms with Crippen LogP contribution in [0.2, 0.25) is 0 Å². The molecule has 31 heavy (non-hydrogen) atoms. The number of hydrogen-bond acceptors (Lipinski definition) is 3. The summed E-state index contributed by atoms with van der Waals surface area (Å²) in [7, 11) is 1.69. The van der Waals surface area contributed by atoms with Crippen molar-refractivity contribution in [2.75, 3.05) is 20.1 Å². The van der Waals surface area contributed by atoms with E-state index < -0.39 is 0 Å². The van der Waals surface area contributed by atoms with E-state index in [0.29, 0.717) is 17.8 Å². The zero-order valence-electron chi connectivity index (χ0n) is 17.4. The molecule has 7 heteroatoms. The highest BCUT2D eigenvalue weighted by molar-refractivity contribution is 5.93. The van der Waals surface area contributed by atoms with E-state index >= 15 is 0 Å². The Balaban J connectivity index is 1.68. The van der Waals surface area contributed by atoms with Crippen molar-refractivity contribution in [2.45, 2.75) is 19.5 Å². The van der Waals surface area contributed by atoms with Crippen molar-refractivity contribution in [1.29, 1.82) is 0 Å². The molecule has 4 rings (SSSR count). The van der Waals surface area contributed by atoms with E-state index in [9.17, 15) is 13.6 Å². The number of carbonyl (C=O) groups is 1. The van der Waals surface area contributed by atoms with E-state index in [-0.39, 0.29) is 24.1 Å². The summed E-state index contributed by atoms with van der Waals surface area (Å²) in [5, 5.41) is 4.72. The van der Waals surface area contributed by atoms with Crippen molar-refractivity contribution in [3.63, 3.8) is 0 Å². The van der Waals surface area contributed by atoms with Crippen LogP contribution in [-0.2, 0) is 19.5 Å². The molecule has 160 valence electrons. The van der Waals surface area contributed by atoms with Crippen LogP contribution in [0.15, 0.2) is 61.2 Å². The van der Waals surface area contributed by atoms with Crippen LogP contribution in [-0.4, -0.2) is 45.6 Å². The Morgan fingerprint density at radius 3 is 2.65 bits per heavy atom. The smallest absolute Gasteiger partial charge is 0.253 e. The lowest BCUT2D eigenvalue weighted by molar-refractivity contribution is 0.0782. The molecule has 0 bridgehead atoms. The van der Waals surface area contributed by atoms with Crippen molar-refractivity contribution in [3.05, 3.63) is 95.3 Å². The summed E-state index contributed by atoms with van der Waals surface area (Å²) < 4.78 is 29.4. The Bertz CT molecular complexity index is 1110. The van der Waals surface area contributed by atoms with Gasteiger partial charge in [-0.25, -0.2) is 13.5 Å². The third kappa shape index (κ3) is 4.27. The number of amides is 1. The number of halogens is 2. The van der Waals surface area contributed by atoms with Gasteiger partial charge in [-0.05, 0) is 36.4 Å². The van der Waals surface area contributed by atoms with Crippen LogP contribution >= 0.6 is 0 Å². The number of para-hydroxylation sites is 1. The average molecular weight is 422 g/mol. The highest BCUT2D eigenvalue weighted by Gasteiger charge is 2.27. The van der Waals surface area contributed by atoms with Crippen LogP contribution in [0, 0.1) is 11.6 Å². The molecule has 0 N–H and O–H groups in total. The third-order valence-corrected chi connectivity index (χ3v) is 5.51. The lowest BCUT2D eigenvalue weighted by Crippen LogP contribution is -2.32. The fourth-order valence-electron chi connectivity index (χ4n) is 3.94. The number of nitrogens with zero attached hydrogens (tertiary/aromatic N) is 4. The number of fused-ring (bicyclic) bond motifs is 1. The van der Waals surface area contributed by atoms with E-state index in [1.165, 1.54) is 30.3 Å². The molecule has 0 saturated carbocycles. The Morgan fingerprint density at radius 2 is 1.94 bits per heavy atom. The third-order valence-electron chi connectivity index (χ3n) is 5.51. The normalized spacial score (nSPS) is 13.6. The predicted octanol–water partition coefficient (Wildman–Crippen LogP) is 3.97. The van der Waals surface area contributed by atoms with Gasteiger partial charge in [0.2, 0.25) is 0 Å². The number of rotatable bonds is 6. The summed E-state index contributed by atoms with van der Waals surface area (Å²) in [5.74, 6) is -0.962. The maximum absolute atomic E-state index is 14.5. The Labute approximate surface area is 180 Å². The largest absolute Gasteiger partial charge is 0.336 e. The number of aromatic nitrogens is 2. The molecule has 3 aromatic rings. The molecule has 0 aliphatic carbocycles. The van der Waals surface area contributed by atoms with E-state index in [1.54, 1.807) is 34.8 Å². The van der Waals surface area contributed by atoms with Crippen LogP contribution < -0.4 is 0 Å². The molecule has 1 aliphatic rings. The number of benzene rings is 2. The van der Waals surface area contributed by atoms with Crippen molar-refractivity contribution in [1.82, 2.24) is 19.6 Å². The van der Waals surface area contributed by atoms with Crippen molar-refractivity contribution < 1.29 is 13.6 Å². The van der Waals surface area contributed by atoms with Crippen LogP contribution in [0.1, 0.15) is 27.3 Å². The van der Waals surface area contributed by atoms with Crippen molar-refractivity contribution in [3.8, 4) is 5.69 Å². The number of hydrogen-bond donors (Lipinski definition) is 0. The average Bonchev–Trinajstić information content (AvgIpc) is 3.12. The first-order valence-electron chi connectivity index (χ1n) is 10.2. The van der Waals surface area contributed by atoms with E-state index in [4.69, 9.17) is 5.10 Å². The van der Waals surface area contributed by atoms with Gasteiger partial charge in [0, 0.05) is 44.2 Å². The standard InChI is InChI=1S/C24H24F2N4O/c1-3-13-29-14-12-22-19(15-29)21(27-30(22)23-7-5-4-6-20(23)26)16-28(2)24(31)17-8-10-18(25)11-9-17/h3-11H,1,12-16H2,2H3. The van der Waals surface area contributed by atoms with E-state index in [2.05, 4.69) is 11.5 Å². The maximum Gasteiger partial charge on any atom is 0.253 e. The summed E-state index contributed by atoms with van der Waals surface area (Å²) in [5.41, 5.74) is 3.50. The molecule has 0 atom stereocenters. The second-order valence-corrected chi connectivity index (χ2v) is 7.68. The zero-order chi connectivity index (χ0) is 22.0. The lowest BCUT2D eigenvalue weighted by Gasteiger charge is -2.27. The fraction of sp³-hybridized carbons (Fsp3) is 0.250. The Morgan fingerprint density at radius 1 is 1.19 bits per heavy atom. The van der Waals surface area contributed by atoms with E-state index in [0.717, 1.165) is 36.5 Å². The van der Waals surface area contributed by atoms with Gasteiger partial charge in [0.1, 0.15) is 17.3 Å². The highest BCUT2D eigenvalue weighted by atomic mass is 19.1. The highest BCUT2D eigenvalue weighted by Crippen LogP contribution is 2.27. The molecule has 0 fully saturated rings. The second-order valence-electron chi connectivity index (χ2n) is 7.68. The number of carbonyl (C=O) groups excluding carboxylic acids is 1. The van der Waals surface area contributed by atoms with Crippen LogP contribution in [0.25, 0.3) is 5.69 Å². The fourth-order valence-corrected chi connectivity index (χ4v) is 3.94. The maximum atomic E-state index is 14.5. The molecule has 0 saturated heterocycles. The van der Waals surface area contributed by atoms with Gasteiger partial charge in [-0.15, -0.1) is 6.58 Å². The molecule has 2 heterocycles. The Kier molecular flexibility index (Phi) is 5.95. The molecule has 0 radical (unpaired) electrons. The summed E-state index contributed by atoms with van der Waals surface area (Å²) in [4.78, 5) is 16.6. The molecule has 0 unspecified atom stereocenters. The lowest BCUT2D eigenvalue weighted by atomic mass is 10.0. The van der Waals surface area contributed by atoms with Gasteiger partial charge in [0.05, 0.1) is 17.9 Å². The topological polar surface area (TPSA) is 41.4 Å². The molecular weight excluding hydrogens is 398 g/mol. The summed E-state index contributed by atoms with van der Waals surface area (Å²) in [6.07, 6.45) is 2.58. The molecule has 0 spiro atoms. The minimum absolute atomic E-state index is 0.229. The SMILES string of the molecule is C=CCN1CCc2c(c(CN(C)C(=O)c3ccc(F)cc3)nn2-c2ccccc2F)C1. The summed E-state index contributed by atoms with van der Waals surface area (Å²) in [6, 6.07) is 12.0. The van der Waals surface area contributed by atoms with E-state index in [1.807, 2.05) is 6.08 Å². The zero-order valence-corrected chi connectivity index (χ0v) is 17.4. The van der Waals surface area contributed by atoms with Crippen molar-refractivity contribution in [2.24, 2.45) is 0 Å². The van der Waals surface area contributed by atoms with Gasteiger partial charge in [-0.3, -0.25) is 9.69 Å². The van der Waals surface area contributed by atoms with Gasteiger partial charge >= 0.3 is 0 Å². The summed E-state index contributed by atoms with van der Waals surface area (Å²) >= 11 is 0.